The lowest BCUT2D eigenvalue weighted by atomic mass is 10.0. The molecule has 0 fully saturated rings. The zero-order valence-electron chi connectivity index (χ0n) is 10.9. The molecule has 2 aromatic carbocycles. The Morgan fingerprint density at radius 1 is 1.19 bits per heavy atom. The largest absolute Gasteiger partial charge is 0.507 e. The van der Waals surface area contributed by atoms with Gasteiger partial charge in [0, 0.05) is 22.5 Å². The van der Waals surface area contributed by atoms with Crippen molar-refractivity contribution in [2.24, 2.45) is 0 Å². The Bertz CT molecular complexity index is 899. The van der Waals surface area contributed by atoms with Gasteiger partial charge >= 0.3 is 0 Å². The number of aromatic hydroxyl groups is 1. The predicted octanol–water partition coefficient (Wildman–Crippen LogP) is 3.80. The molecule has 4 rings (SSSR count). The number of fused-ring (bicyclic) bond motifs is 5. The Morgan fingerprint density at radius 2 is 2.00 bits per heavy atom. The Kier molecular flexibility index (Phi) is 2.59. The van der Waals surface area contributed by atoms with E-state index in [1.54, 1.807) is 6.07 Å². The van der Waals surface area contributed by atoms with Gasteiger partial charge in [-0.1, -0.05) is 18.2 Å². The number of rotatable bonds is 0. The molecule has 1 amide bonds. The number of halogens is 1. The Labute approximate surface area is 128 Å². The summed E-state index contributed by atoms with van der Waals surface area (Å²) in [6.45, 7) is 0. The van der Waals surface area contributed by atoms with Crippen molar-refractivity contribution in [1.82, 2.24) is 4.98 Å². The highest BCUT2D eigenvalue weighted by atomic mass is 79.9. The number of nitrogens with one attached hydrogen (secondary N) is 2. The third-order valence-corrected chi connectivity index (χ3v) is 4.42. The number of carbonyl (C=O) groups is 1. The van der Waals surface area contributed by atoms with Gasteiger partial charge in [-0.3, -0.25) is 4.79 Å². The van der Waals surface area contributed by atoms with Crippen molar-refractivity contribution in [3.05, 3.63) is 46.4 Å². The zero-order chi connectivity index (χ0) is 14.6. The van der Waals surface area contributed by atoms with Crippen LogP contribution in [0.1, 0.15) is 5.56 Å². The molecule has 4 nitrogen and oxygen atoms in total. The number of amides is 1. The number of hydrogen-bond acceptors (Lipinski definition) is 2. The van der Waals surface area contributed by atoms with Crippen LogP contribution in [0.4, 0.5) is 5.69 Å². The van der Waals surface area contributed by atoms with Gasteiger partial charge in [-0.15, -0.1) is 0 Å². The second-order valence-electron chi connectivity index (χ2n) is 5.10. The Hall–Kier alpha value is -2.27. The first-order valence-corrected chi connectivity index (χ1v) is 7.35. The van der Waals surface area contributed by atoms with Crippen LogP contribution in [-0.2, 0) is 11.2 Å². The maximum absolute atomic E-state index is 12.1. The van der Waals surface area contributed by atoms with E-state index in [-0.39, 0.29) is 11.7 Å². The van der Waals surface area contributed by atoms with E-state index >= 15 is 0 Å². The highest BCUT2D eigenvalue weighted by Crippen LogP contribution is 2.39. The molecule has 0 saturated carbocycles. The summed E-state index contributed by atoms with van der Waals surface area (Å²) in [7, 11) is 0. The predicted molar refractivity (Wildman–Crippen MR) is 85.4 cm³/mol. The van der Waals surface area contributed by atoms with Gasteiger partial charge in [-0.25, -0.2) is 0 Å². The number of carbonyl (C=O) groups excluding carboxylic acids is 1. The standard InChI is InChI=1S/C16H11BrN2O2/c17-11-5-9-10-6-15(21)18-12-4-2-1-3-8(12)16(10)19-13(9)7-14(11)20/h1-5,7,19-20H,6H2,(H,18,21). The maximum atomic E-state index is 12.1. The number of aromatic amines is 1. The number of benzene rings is 2. The number of para-hydroxylation sites is 1. The van der Waals surface area contributed by atoms with Crippen LogP contribution < -0.4 is 5.32 Å². The van der Waals surface area contributed by atoms with Gasteiger partial charge in [-0.05, 0) is 33.6 Å². The molecule has 0 atom stereocenters. The molecule has 0 spiro atoms. The summed E-state index contributed by atoms with van der Waals surface area (Å²) >= 11 is 3.33. The van der Waals surface area contributed by atoms with Crippen LogP contribution in [0.5, 0.6) is 5.75 Å². The summed E-state index contributed by atoms with van der Waals surface area (Å²) in [6.07, 6.45) is 0.307. The van der Waals surface area contributed by atoms with Gasteiger partial charge in [0.25, 0.3) is 0 Å². The number of aromatic nitrogens is 1. The van der Waals surface area contributed by atoms with Crippen LogP contribution >= 0.6 is 15.9 Å². The third-order valence-electron chi connectivity index (χ3n) is 3.78. The average molecular weight is 343 g/mol. The van der Waals surface area contributed by atoms with E-state index < -0.39 is 0 Å². The molecule has 1 aromatic heterocycles. The van der Waals surface area contributed by atoms with Crippen molar-refractivity contribution >= 4 is 38.4 Å². The minimum absolute atomic E-state index is 0.0358. The van der Waals surface area contributed by atoms with E-state index in [0.717, 1.165) is 33.4 Å². The van der Waals surface area contributed by atoms with Crippen molar-refractivity contribution in [2.75, 3.05) is 5.32 Å². The SMILES string of the molecule is O=C1Cc2c([nH]c3cc(O)c(Br)cc23)-c2ccccc2N1. The van der Waals surface area contributed by atoms with Crippen molar-refractivity contribution in [1.29, 1.82) is 0 Å². The first-order valence-electron chi connectivity index (χ1n) is 6.56. The van der Waals surface area contributed by atoms with Gasteiger partial charge in [-0.2, -0.15) is 0 Å². The topological polar surface area (TPSA) is 65.1 Å². The molecule has 0 unspecified atom stereocenters. The van der Waals surface area contributed by atoms with Crippen LogP contribution in [0.2, 0.25) is 0 Å². The summed E-state index contributed by atoms with van der Waals surface area (Å²) in [5, 5.41) is 13.7. The molecule has 0 bridgehead atoms. The van der Waals surface area contributed by atoms with E-state index in [2.05, 4.69) is 26.2 Å². The Balaban J connectivity index is 2.10. The first kappa shape index (κ1) is 12.5. The van der Waals surface area contributed by atoms with Crippen molar-refractivity contribution in [3.8, 4) is 17.0 Å². The number of anilines is 1. The zero-order valence-corrected chi connectivity index (χ0v) is 12.5. The van der Waals surface area contributed by atoms with E-state index in [1.807, 2.05) is 30.3 Å². The van der Waals surface area contributed by atoms with Crippen molar-refractivity contribution in [2.45, 2.75) is 6.42 Å². The van der Waals surface area contributed by atoms with Gasteiger partial charge in [0.2, 0.25) is 5.91 Å². The van der Waals surface area contributed by atoms with Gasteiger partial charge < -0.3 is 15.4 Å². The molecule has 0 saturated heterocycles. The molecule has 0 aliphatic carbocycles. The molecule has 21 heavy (non-hydrogen) atoms. The smallest absolute Gasteiger partial charge is 0.228 e. The monoisotopic (exact) mass is 342 g/mol. The molecule has 3 N–H and O–H groups in total. The summed E-state index contributed by atoms with van der Waals surface area (Å²) in [4.78, 5) is 15.4. The van der Waals surface area contributed by atoms with E-state index in [0.29, 0.717) is 10.9 Å². The van der Waals surface area contributed by atoms with Gasteiger partial charge in [0.05, 0.1) is 22.3 Å². The molecule has 1 aliphatic rings. The summed E-state index contributed by atoms with van der Waals surface area (Å²) in [5.41, 5.74) is 4.47. The fourth-order valence-electron chi connectivity index (χ4n) is 2.84. The molecule has 3 aromatic rings. The average Bonchev–Trinajstić information content (AvgIpc) is 2.71. The fraction of sp³-hybridized carbons (Fsp3) is 0.0625. The highest BCUT2D eigenvalue weighted by molar-refractivity contribution is 9.10. The molecule has 0 radical (unpaired) electrons. The lowest BCUT2D eigenvalue weighted by molar-refractivity contribution is -0.115. The summed E-state index contributed by atoms with van der Waals surface area (Å²) in [5.74, 6) is 0.142. The second kappa shape index (κ2) is 4.36. The van der Waals surface area contributed by atoms with Crippen LogP contribution in [0.15, 0.2) is 40.9 Å². The van der Waals surface area contributed by atoms with E-state index in [4.69, 9.17) is 0 Å². The number of H-pyrrole nitrogens is 1. The van der Waals surface area contributed by atoms with Crippen LogP contribution in [0.25, 0.3) is 22.2 Å². The normalized spacial score (nSPS) is 13.5. The number of phenolic OH excluding ortho intramolecular Hbond substituents is 1. The Morgan fingerprint density at radius 3 is 2.86 bits per heavy atom. The minimum Gasteiger partial charge on any atom is -0.507 e. The third kappa shape index (κ3) is 1.85. The van der Waals surface area contributed by atoms with Crippen molar-refractivity contribution < 1.29 is 9.90 Å². The maximum Gasteiger partial charge on any atom is 0.228 e. The molecule has 104 valence electrons. The molecule has 5 heteroatoms. The summed E-state index contributed by atoms with van der Waals surface area (Å²) < 4.78 is 0.620. The van der Waals surface area contributed by atoms with Crippen molar-refractivity contribution in [3.63, 3.8) is 0 Å². The second-order valence-corrected chi connectivity index (χ2v) is 5.95. The lowest BCUT2D eigenvalue weighted by Gasteiger charge is -2.05. The van der Waals surface area contributed by atoms with Crippen LogP contribution in [0, 0.1) is 0 Å². The molecule has 1 aliphatic heterocycles. The van der Waals surface area contributed by atoms with Crippen LogP contribution in [0.3, 0.4) is 0 Å². The molecular weight excluding hydrogens is 332 g/mol. The quantitative estimate of drug-likeness (QED) is 0.581. The summed E-state index contributed by atoms with van der Waals surface area (Å²) in [6, 6.07) is 11.2. The van der Waals surface area contributed by atoms with Crippen LogP contribution in [-0.4, -0.2) is 16.0 Å². The number of phenols is 1. The van der Waals surface area contributed by atoms with E-state index in [1.165, 1.54) is 0 Å². The first-order chi connectivity index (χ1) is 10.1. The fourth-order valence-corrected chi connectivity index (χ4v) is 3.18. The van der Waals surface area contributed by atoms with Gasteiger partial charge in [0.15, 0.2) is 0 Å². The van der Waals surface area contributed by atoms with E-state index in [9.17, 15) is 9.90 Å². The lowest BCUT2D eigenvalue weighted by Crippen LogP contribution is -2.12. The number of hydrogen-bond donors (Lipinski definition) is 3. The molecule has 2 heterocycles. The van der Waals surface area contributed by atoms with Gasteiger partial charge in [0.1, 0.15) is 5.75 Å². The molecular formula is C16H11BrN2O2. The minimum atomic E-state index is -0.0358. The highest BCUT2D eigenvalue weighted by Gasteiger charge is 2.23.